The first-order chi connectivity index (χ1) is 15.3. The third-order valence-corrected chi connectivity index (χ3v) is 5.12. The number of imidazole rings is 1. The molecule has 0 bridgehead atoms. The predicted molar refractivity (Wildman–Crippen MR) is 111 cm³/mol. The second kappa shape index (κ2) is 8.99. The minimum Gasteiger partial charge on any atom is -0.395 e. The number of halogens is 3. The van der Waals surface area contributed by atoms with Crippen molar-refractivity contribution in [3.63, 3.8) is 0 Å². The smallest absolute Gasteiger partial charge is 0.395 e. The topological polar surface area (TPSA) is 108 Å². The van der Waals surface area contributed by atoms with Crippen LogP contribution in [0.25, 0.3) is 11.2 Å². The fourth-order valence-corrected chi connectivity index (χ4v) is 3.50. The number of anilines is 3. The zero-order chi connectivity index (χ0) is 22.7. The molecule has 4 rings (SSSR count). The van der Waals surface area contributed by atoms with E-state index in [4.69, 9.17) is 5.11 Å². The van der Waals surface area contributed by atoms with E-state index in [9.17, 15) is 18.0 Å². The summed E-state index contributed by atoms with van der Waals surface area (Å²) >= 11 is 0. The van der Waals surface area contributed by atoms with Gasteiger partial charge in [-0.25, -0.2) is 4.98 Å². The number of carbonyl (C=O) groups excluding carboxylic acids is 1. The van der Waals surface area contributed by atoms with Crippen LogP contribution in [-0.4, -0.2) is 61.7 Å². The van der Waals surface area contributed by atoms with Gasteiger partial charge in [-0.3, -0.25) is 4.79 Å². The van der Waals surface area contributed by atoms with Gasteiger partial charge < -0.3 is 25.2 Å². The number of hydrogen-bond acceptors (Lipinski definition) is 7. The second-order valence-electron chi connectivity index (χ2n) is 7.34. The van der Waals surface area contributed by atoms with Crippen molar-refractivity contribution in [2.75, 3.05) is 36.9 Å². The number of hydrogen-bond donors (Lipinski definition) is 3. The molecule has 1 aliphatic rings. The minimum atomic E-state index is -4.42. The number of nitrogens with zero attached hydrogens (tertiary/aromatic N) is 5. The van der Waals surface area contributed by atoms with Crippen molar-refractivity contribution in [2.24, 2.45) is 0 Å². The molecule has 3 aromatic rings. The van der Waals surface area contributed by atoms with E-state index in [2.05, 4.69) is 25.6 Å². The van der Waals surface area contributed by atoms with Gasteiger partial charge >= 0.3 is 6.18 Å². The summed E-state index contributed by atoms with van der Waals surface area (Å²) in [4.78, 5) is 26.9. The van der Waals surface area contributed by atoms with Crippen LogP contribution < -0.4 is 10.6 Å². The monoisotopic (exact) mass is 449 g/mol. The van der Waals surface area contributed by atoms with Gasteiger partial charge in [-0.15, -0.1) is 0 Å². The van der Waals surface area contributed by atoms with E-state index >= 15 is 0 Å². The molecule has 0 aliphatic carbocycles. The first-order valence-corrected chi connectivity index (χ1v) is 10.1. The Hall–Kier alpha value is -3.41. The summed E-state index contributed by atoms with van der Waals surface area (Å²) in [6.07, 6.45) is -1.41. The standard InChI is InChI=1S/C20H22F3N7O2/c21-20(22,23)13-3-5-14(6-4-13)26-19-27-17(24-7-11-31)16-18(28-19)30(12-25-16)10-9-29-8-1-2-15(29)32/h3-6,12,31H,1-2,7-11H2,(H2,24,26,27,28). The van der Waals surface area contributed by atoms with Crippen LogP contribution >= 0.6 is 0 Å². The van der Waals surface area contributed by atoms with Crippen molar-refractivity contribution < 1.29 is 23.1 Å². The molecule has 12 heteroatoms. The Morgan fingerprint density at radius 1 is 1.12 bits per heavy atom. The molecule has 170 valence electrons. The SMILES string of the molecule is O=C1CCCN1CCn1cnc2c(NCCO)nc(Nc3ccc(C(F)(F)F)cc3)nc21. The van der Waals surface area contributed by atoms with Crippen molar-refractivity contribution in [2.45, 2.75) is 25.6 Å². The van der Waals surface area contributed by atoms with E-state index in [1.807, 2.05) is 0 Å². The van der Waals surface area contributed by atoms with E-state index < -0.39 is 11.7 Å². The van der Waals surface area contributed by atoms with Crippen molar-refractivity contribution in [1.29, 1.82) is 0 Å². The lowest BCUT2D eigenvalue weighted by Crippen LogP contribution is -2.28. The molecule has 1 aromatic carbocycles. The van der Waals surface area contributed by atoms with Crippen molar-refractivity contribution >= 4 is 34.5 Å². The molecule has 0 atom stereocenters. The van der Waals surface area contributed by atoms with Gasteiger partial charge in [0.15, 0.2) is 17.0 Å². The highest BCUT2D eigenvalue weighted by Crippen LogP contribution is 2.30. The summed E-state index contributed by atoms with van der Waals surface area (Å²) in [7, 11) is 0. The normalized spacial score (nSPS) is 14.4. The lowest BCUT2D eigenvalue weighted by molar-refractivity contribution is -0.137. The van der Waals surface area contributed by atoms with Gasteiger partial charge in [0.05, 0.1) is 18.5 Å². The van der Waals surface area contributed by atoms with E-state index in [1.165, 1.54) is 12.1 Å². The van der Waals surface area contributed by atoms with Crippen LogP contribution in [0.2, 0.25) is 0 Å². The maximum Gasteiger partial charge on any atom is 0.416 e. The number of aliphatic hydroxyl groups excluding tert-OH is 1. The van der Waals surface area contributed by atoms with Crippen LogP contribution in [-0.2, 0) is 17.5 Å². The number of alkyl halides is 3. The van der Waals surface area contributed by atoms with Crippen LogP contribution in [0.3, 0.4) is 0 Å². The molecule has 0 unspecified atom stereocenters. The van der Waals surface area contributed by atoms with Crippen LogP contribution in [0, 0.1) is 0 Å². The number of benzene rings is 1. The summed E-state index contributed by atoms with van der Waals surface area (Å²) < 4.78 is 40.2. The predicted octanol–water partition coefficient (Wildman–Crippen LogP) is 2.62. The number of amides is 1. The number of likely N-dealkylation sites (tertiary alicyclic amines) is 1. The van der Waals surface area contributed by atoms with Crippen LogP contribution in [0.1, 0.15) is 18.4 Å². The number of nitrogens with one attached hydrogen (secondary N) is 2. The summed E-state index contributed by atoms with van der Waals surface area (Å²) in [5.74, 6) is 0.671. The maximum absolute atomic E-state index is 12.8. The van der Waals surface area contributed by atoms with E-state index in [0.717, 1.165) is 25.1 Å². The Bertz CT molecular complexity index is 1100. The molecular formula is C20H22F3N7O2. The molecule has 2 aromatic heterocycles. The van der Waals surface area contributed by atoms with Gasteiger partial charge in [0.2, 0.25) is 11.9 Å². The lowest BCUT2D eigenvalue weighted by Gasteiger charge is -2.16. The van der Waals surface area contributed by atoms with Crippen molar-refractivity contribution in [1.82, 2.24) is 24.4 Å². The maximum atomic E-state index is 12.8. The lowest BCUT2D eigenvalue weighted by atomic mass is 10.2. The van der Waals surface area contributed by atoms with Crippen LogP contribution in [0.5, 0.6) is 0 Å². The molecule has 0 spiro atoms. The molecular weight excluding hydrogens is 427 g/mol. The average molecular weight is 449 g/mol. The Kier molecular flexibility index (Phi) is 6.12. The highest BCUT2D eigenvalue weighted by atomic mass is 19.4. The Labute approximate surface area is 181 Å². The summed E-state index contributed by atoms with van der Waals surface area (Å²) in [6, 6.07) is 4.55. The molecule has 1 amide bonds. The zero-order valence-corrected chi connectivity index (χ0v) is 17.1. The first kappa shape index (κ1) is 21.8. The van der Waals surface area contributed by atoms with Gasteiger partial charge in [0, 0.05) is 38.3 Å². The van der Waals surface area contributed by atoms with Gasteiger partial charge in [0.1, 0.15) is 0 Å². The Balaban J connectivity index is 1.60. The number of aromatic nitrogens is 4. The number of fused-ring (bicyclic) bond motifs is 1. The minimum absolute atomic E-state index is 0.120. The third kappa shape index (κ3) is 4.74. The molecule has 1 aliphatic heterocycles. The van der Waals surface area contributed by atoms with E-state index in [1.54, 1.807) is 15.8 Å². The second-order valence-corrected chi connectivity index (χ2v) is 7.34. The molecule has 1 fully saturated rings. The molecule has 9 nitrogen and oxygen atoms in total. The molecule has 0 saturated carbocycles. The molecule has 3 heterocycles. The van der Waals surface area contributed by atoms with Crippen LogP contribution in [0.15, 0.2) is 30.6 Å². The molecule has 3 N–H and O–H groups in total. The number of carbonyl (C=O) groups is 1. The highest BCUT2D eigenvalue weighted by Gasteiger charge is 2.30. The number of rotatable bonds is 8. The first-order valence-electron chi connectivity index (χ1n) is 10.1. The number of aliphatic hydroxyl groups is 1. The Morgan fingerprint density at radius 3 is 2.56 bits per heavy atom. The van der Waals surface area contributed by atoms with E-state index in [-0.39, 0.29) is 25.0 Å². The van der Waals surface area contributed by atoms with Gasteiger partial charge in [0.25, 0.3) is 0 Å². The van der Waals surface area contributed by atoms with Crippen LogP contribution in [0.4, 0.5) is 30.6 Å². The fourth-order valence-electron chi connectivity index (χ4n) is 3.50. The fraction of sp³-hybridized carbons (Fsp3) is 0.400. The Morgan fingerprint density at radius 2 is 1.91 bits per heavy atom. The van der Waals surface area contributed by atoms with Gasteiger partial charge in [-0.05, 0) is 30.7 Å². The average Bonchev–Trinajstić information content (AvgIpc) is 3.36. The molecule has 0 radical (unpaired) electrons. The van der Waals surface area contributed by atoms with Crippen molar-refractivity contribution in [3.05, 3.63) is 36.2 Å². The van der Waals surface area contributed by atoms with Gasteiger partial charge in [-0.2, -0.15) is 23.1 Å². The largest absolute Gasteiger partial charge is 0.416 e. The summed E-state index contributed by atoms with van der Waals surface area (Å²) in [5.41, 5.74) is 0.629. The van der Waals surface area contributed by atoms with Crippen molar-refractivity contribution in [3.8, 4) is 0 Å². The van der Waals surface area contributed by atoms with Gasteiger partial charge in [-0.1, -0.05) is 0 Å². The third-order valence-electron chi connectivity index (χ3n) is 5.12. The highest BCUT2D eigenvalue weighted by molar-refractivity contribution is 5.84. The summed E-state index contributed by atoms with van der Waals surface area (Å²) in [6.45, 7) is 1.85. The molecule has 1 saturated heterocycles. The zero-order valence-electron chi connectivity index (χ0n) is 17.1. The van der Waals surface area contributed by atoms with E-state index in [0.29, 0.717) is 42.2 Å². The summed E-state index contributed by atoms with van der Waals surface area (Å²) in [5, 5.41) is 15.0. The quantitative estimate of drug-likeness (QED) is 0.485. The molecule has 32 heavy (non-hydrogen) atoms.